The lowest BCUT2D eigenvalue weighted by Gasteiger charge is -2.14. The molecule has 0 saturated heterocycles. The largest absolute Gasteiger partial charge is 0.341 e. The van der Waals surface area contributed by atoms with E-state index >= 15 is 0 Å². The van der Waals surface area contributed by atoms with Crippen LogP contribution in [0.15, 0.2) is 53.4 Å². The molecule has 7 heteroatoms. The van der Waals surface area contributed by atoms with Crippen LogP contribution < -0.4 is 10.6 Å². The van der Waals surface area contributed by atoms with Crippen molar-refractivity contribution in [3.8, 4) is 0 Å². The molecule has 0 bridgehead atoms. The molecule has 0 aliphatic heterocycles. The van der Waals surface area contributed by atoms with Crippen molar-refractivity contribution in [2.45, 2.75) is 17.9 Å². The second-order valence-electron chi connectivity index (χ2n) is 5.18. The Morgan fingerprint density at radius 2 is 1.75 bits per heavy atom. The predicted octanol–water partition coefficient (Wildman–Crippen LogP) is 2.38. The molecule has 0 aliphatic carbocycles. The summed E-state index contributed by atoms with van der Waals surface area (Å²) in [6.07, 6.45) is 1.53. The van der Waals surface area contributed by atoms with Gasteiger partial charge in [0.15, 0.2) is 0 Å². The van der Waals surface area contributed by atoms with Crippen molar-refractivity contribution >= 4 is 28.3 Å². The molecule has 5 nitrogen and oxygen atoms in total. The van der Waals surface area contributed by atoms with Crippen LogP contribution in [0.1, 0.15) is 18.5 Å². The maximum absolute atomic E-state index is 12.9. The number of carbonyl (C=O) groups is 2. The minimum Gasteiger partial charge on any atom is -0.341 e. The van der Waals surface area contributed by atoms with Crippen LogP contribution in [-0.2, 0) is 20.4 Å². The van der Waals surface area contributed by atoms with E-state index < -0.39 is 28.7 Å². The average molecular weight is 348 g/mol. The van der Waals surface area contributed by atoms with Crippen LogP contribution in [0.4, 0.5) is 10.1 Å². The van der Waals surface area contributed by atoms with Gasteiger partial charge in [-0.15, -0.1) is 0 Å². The van der Waals surface area contributed by atoms with Gasteiger partial charge in [-0.3, -0.25) is 13.8 Å². The molecule has 2 rings (SSSR count). The molecule has 2 N–H and O–H groups in total. The number of benzene rings is 2. The second-order valence-corrected chi connectivity index (χ2v) is 6.56. The smallest absolute Gasteiger partial charge is 0.313 e. The van der Waals surface area contributed by atoms with Crippen LogP contribution >= 0.6 is 0 Å². The van der Waals surface area contributed by atoms with E-state index in [1.54, 1.807) is 31.2 Å². The Bertz CT molecular complexity index is 778. The Kier molecular flexibility index (Phi) is 5.81. The van der Waals surface area contributed by atoms with Gasteiger partial charge in [-0.05, 0) is 42.8 Å². The first-order valence-electron chi connectivity index (χ1n) is 7.17. The van der Waals surface area contributed by atoms with Crippen LogP contribution in [-0.4, -0.2) is 22.3 Å². The van der Waals surface area contributed by atoms with Crippen molar-refractivity contribution in [1.82, 2.24) is 5.32 Å². The number of halogens is 1. The molecule has 0 saturated carbocycles. The summed E-state index contributed by atoms with van der Waals surface area (Å²) >= 11 is 0. The normalized spacial score (nSPS) is 13.0. The summed E-state index contributed by atoms with van der Waals surface area (Å²) in [5.41, 5.74) is 1.07. The van der Waals surface area contributed by atoms with E-state index in [-0.39, 0.29) is 5.82 Å². The van der Waals surface area contributed by atoms with Gasteiger partial charge in [-0.1, -0.05) is 18.2 Å². The first-order valence-corrected chi connectivity index (χ1v) is 8.73. The zero-order valence-electron chi connectivity index (χ0n) is 13.2. The monoisotopic (exact) mass is 348 g/mol. The first kappa shape index (κ1) is 17.8. The molecule has 0 radical (unpaired) electrons. The van der Waals surface area contributed by atoms with E-state index in [2.05, 4.69) is 10.6 Å². The fourth-order valence-electron chi connectivity index (χ4n) is 2.04. The summed E-state index contributed by atoms with van der Waals surface area (Å²) in [6.45, 7) is 1.69. The molecule has 2 aromatic carbocycles. The fraction of sp³-hybridized carbons (Fsp3) is 0.176. The van der Waals surface area contributed by atoms with Gasteiger partial charge in [0.1, 0.15) is 5.82 Å². The lowest BCUT2D eigenvalue weighted by Crippen LogP contribution is -2.36. The number of anilines is 1. The molecule has 0 spiro atoms. The third-order valence-electron chi connectivity index (χ3n) is 3.35. The highest BCUT2D eigenvalue weighted by Crippen LogP contribution is 2.14. The predicted molar refractivity (Wildman–Crippen MR) is 90.4 cm³/mol. The number of carbonyl (C=O) groups excluding carboxylic acids is 2. The maximum Gasteiger partial charge on any atom is 0.313 e. The Balaban J connectivity index is 1.99. The van der Waals surface area contributed by atoms with Crippen molar-refractivity contribution in [2.75, 3.05) is 11.6 Å². The van der Waals surface area contributed by atoms with Gasteiger partial charge in [0, 0.05) is 27.6 Å². The topological polar surface area (TPSA) is 75.3 Å². The van der Waals surface area contributed by atoms with Gasteiger partial charge in [0.25, 0.3) is 0 Å². The van der Waals surface area contributed by atoms with E-state index in [0.29, 0.717) is 16.1 Å². The molecule has 0 fully saturated rings. The summed E-state index contributed by atoms with van der Waals surface area (Å²) in [5.74, 6) is -2.01. The van der Waals surface area contributed by atoms with E-state index in [1.807, 2.05) is 0 Å². The van der Waals surface area contributed by atoms with Crippen molar-refractivity contribution in [3.05, 3.63) is 59.9 Å². The van der Waals surface area contributed by atoms with E-state index in [0.717, 1.165) is 0 Å². The standard InChI is InChI=1S/C17H17FN2O3S/c1-11(12-6-8-13(18)9-7-12)19-16(21)17(22)20-14-4-3-5-15(10-14)24(2)23/h3-11H,1-2H3,(H,19,21)(H,20,22)/t11-,24-/m1/s1. The highest BCUT2D eigenvalue weighted by Gasteiger charge is 2.17. The van der Waals surface area contributed by atoms with E-state index in [9.17, 15) is 18.2 Å². The Morgan fingerprint density at radius 1 is 1.08 bits per heavy atom. The summed E-state index contributed by atoms with van der Waals surface area (Å²) in [4.78, 5) is 24.5. The summed E-state index contributed by atoms with van der Waals surface area (Å²) in [7, 11) is -1.18. The Labute approximate surface area is 141 Å². The average Bonchev–Trinajstić information content (AvgIpc) is 2.55. The highest BCUT2D eigenvalue weighted by molar-refractivity contribution is 7.84. The van der Waals surface area contributed by atoms with Crippen LogP contribution in [0.2, 0.25) is 0 Å². The maximum atomic E-state index is 12.9. The zero-order valence-corrected chi connectivity index (χ0v) is 14.0. The number of hydrogen-bond acceptors (Lipinski definition) is 3. The number of amides is 2. The van der Waals surface area contributed by atoms with E-state index in [1.165, 1.54) is 30.5 Å². The van der Waals surface area contributed by atoms with Crippen molar-refractivity contribution < 1.29 is 18.2 Å². The summed E-state index contributed by atoms with van der Waals surface area (Å²) in [5, 5.41) is 5.00. The van der Waals surface area contributed by atoms with Crippen molar-refractivity contribution in [1.29, 1.82) is 0 Å². The van der Waals surface area contributed by atoms with Gasteiger partial charge in [-0.25, -0.2) is 4.39 Å². The second kappa shape index (κ2) is 7.83. The molecule has 126 valence electrons. The van der Waals surface area contributed by atoms with Gasteiger partial charge in [-0.2, -0.15) is 0 Å². The van der Waals surface area contributed by atoms with Crippen molar-refractivity contribution in [2.24, 2.45) is 0 Å². The van der Waals surface area contributed by atoms with Crippen LogP contribution in [0.25, 0.3) is 0 Å². The number of nitrogens with one attached hydrogen (secondary N) is 2. The van der Waals surface area contributed by atoms with E-state index in [4.69, 9.17) is 0 Å². The minimum absolute atomic E-state index is 0.372. The molecule has 2 atom stereocenters. The molecule has 2 aromatic rings. The summed E-state index contributed by atoms with van der Waals surface area (Å²) in [6, 6.07) is 11.7. The number of hydrogen-bond donors (Lipinski definition) is 2. The van der Waals surface area contributed by atoms with Gasteiger partial charge >= 0.3 is 11.8 Å². The first-order chi connectivity index (χ1) is 11.4. The molecular weight excluding hydrogens is 331 g/mol. The van der Waals surface area contributed by atoms with Crippen LogP contribution in [0.3, 0.4) is 0 Å². The molecular formula is C17H17FN2O3S. The molecule has 0 aromatic heterocycles. The van der Waals surface area contributed by atoms with Gasteiger partial charge < -0.3 is 10.6 Å². The van der Waals surface area contributed by atoms with Crippen LogP contribution in [0.5, 0.6) is 0 Å². The summed E-state index contributed by atoms with van der Waals surface area (Å²) < 4.78 is 24.3. The minimum atomic E-state index is -1.18. The Morgan fingerprint density at radius 3 is 2.38 bits per heavy atom. The molecule has 2 amide bonds. The third kappa shape index (κ3) is 4.73. The highest BCUT2D eigenvalue weighted by atomic mass is 32.2. The molecule has 0 aliphatic rings. The fourth-order valence-corrected chi connectivity index (χ4v) is 2.60. The molecule has 0 heterocycles. The lowest BCUT2D eigenvalue weighted by molar-refractivity contribution is -0.136. The molecule has 0 unspecified atom stereocenters. The zero-order chi connectivity index (χ0) is 17.7. The molecule has 24 heavy (non-hydrogen) atoms. The number of rotatable bonds is 4. The van der Waals surface area contributed by atoms with Gasteiger partial charge in [0.2, 0.25) is 0 Å². The quantitative estimate of drug-likeness (QED) is 0.833. The lowest BCUT2D eigenvalue weighted by atomic mass is 10.1. The van der Waals surface area contributed by atoms with Crippen LogP contribution in [0, 0.1) is 5.82 Å². The van der Waals surface area contributed by atoms with Crippen molar-refractivity contribution in [3.63, 3.8) is 0 Å². The van der Waals surface area contributed by atoms with Gasteiger partial charge in [0.05, 0.1) is 6.04 Å². The Hall–Kier alpha value is -2.54. The third-order valence-corrected chi connectivity index (χ3v) is 4.27. The SMILES string of the molecule is C[C@@H](NC(=O)C(=O)Nc1cccc([S@@](C)=O)c1)c1ccc(F)cc1.